The minimum absolute atomic E-state index is 0.0443. The zero-order chi connectivity index (χ0) is 27.4. The van der Waals surface area contributed by atoms with Gasteiger partial charge in [-0.1, -0.05) is 74.5 Å². The molecule has 0 saturated heterocycles. The number of carbonyl (C=O) groups excluding carboxylic acids is 1. The van der Waals surface area contributed by atoms with Crippen molar-refractivity contribution in [3.8, 4) is 11.1 Å². The van der Waals surface area contributed by atoms with E-state index in [2.05, 4.69) is 57.1 Å². The molecule has 0 aliphatic rings. The second-order valence-corrected chi connectivity index (χ2v) is 10.7. The molecule has 0 saturated carbocycles. The zero-order valence-corrected chi connectivity index (χ0v) is 22.8. The highest BCUT2D eigenvalue weighted by Gasteiger charge is 2.24. The molecule has 1 amide bonds. The van der Waals surface area contributed by atoms with Crippen molar-refractivity contribution in [1.29, 1.82) is 0 Å². The molecule has 200 valence electrons. The number of nitrogens with one attached hydrogen (secondary N) is 1. The number of amides is 1. The lowest BCUT2D eigenvalue weighted by atomic mass is 9.97. The van der Waals surface area contributed by atoms with Crippen LogP contribution in [0, 0.1) is 6.92 Å². The molecule has 2 aromatic carbocycles. The number of rotatable bonds is 9. The van der Waals surface area contributed by atoms with Crippen LogP contribution in [0.5, 0.6) is 0 Å². The van der Waals surface area contributed by atoms with Gasteiger partial charge in [0.2, 0.25) is 5.89 Å². The summed E-state index contributed by atoms with van der Waals surface area (Å²) in [5.74, 6) is 0.120. The SMILES string of the molecule is Cc1cc(-c2ccnn3cc(CCOCc4ccccc4)cc23)ccc1CNC(=O)c1noc(C(C)(C)C)n1. The second-order valence-electron chi connectivity index (χ2n) is 10.7. The third-order valence-corrected chi connectivity index (χ3v) is 6.58. The molecule has 39 heavy (non-hydrogen) atoms. The van der Waals surface area contributed by atoms with E-state index in [1.54, 1.807) is 0 Å². The average molecular weight is 524 g/mol. The Hall–Kier alpha value is -4.30. The summed E-state index contributed by atoms with van der Waals surface area (Å²) in [5, 5.41) is 11.2. The number of aryl methyl sites for hydroxylation is 1. The van der Waals surface area contributed by atoms with Gasteiger partial charge in [-0.05, 0) is 53.3 Å². The summed E-state index contributed by atoms with van der Waals surface area (Å²) in [4.78, 5) is 16.8. The molecule has 0 spiro atoms. The average Bonchev–Trinajstić information content (AvgIpc) is 3.58. The monoisotopic (exact) mass is 523 g/mol. The molecule has 0 aliphatic carbocycles. The molecule has 0 atom stereocenters. The predicted molar refractivity (Wildman–Crippen MR) is 149 cm³/mol. The van der Waals surface area contributed by atoms with E-state index in [4.69, 9.17) is 9.26 Å². The Morgan fingerprint density at radius 1 is 1.05 bits per heavy atom. The first-order valence-corrected chi connectivity index (χ1v) is 13.1. The van der Waals surface area contributed by atoms with E-state index >= 15 is 0 Å². The van der Waals surface area contributed by atoms with Gasteiger partial charge in [-0.3, -0.25) is 4.79 Å². The van der Waals surface area contributed by atoms with Gasteiger partial charge in [-0.2, -0.15) is 10.1 Å². The van der Waals surface area contributed by atoms with E-state index < -0.39 is 0 Å². The van der Waals surface area contributed by atoms with E-state index in [0.29, 0.717) is 25.6 Å². The summed E-state index contributed by atoms with van der Waals surface area (Å²) in [5.41, 5.74) is 7.36. The smallest absolute Gasteiger partial charge is 0.292 e. The highest BCUT2D eigenvalue weighted by atomic mass is 16.5. The Morgan fingerprint density at radius 2 is 1.87 bits per heavy atom. The number of nitrogens with zero attached hydrogens (tertiary/aromatic N) is 4. The van der Waals surface area contributed by atoms with Crippen LogP contribution in [0.3, 0.4) is 0 Å². The van der Waals surface area contributed by atoms with Crippen molar-refractivity contribution in [2.45, 2.75) is 52.7 Å². The normalized spacial score (nSPS) is 11.7. The lowest BCUT2D eigenvalue weighted by molar-refractivity contribution is 0.0937. The summed E-state index contributed by atoms with van der Waals surface area (Å²) in [7, 11) is 0. The van der Waals surface area contributed by atoms with Gasteiger partial charge in [0, 0.05) is 29.9 Å². The van der Waals surface area contributed by atoms with Crippen molar-refractivity contribution in [3.05, 3.63) is 107 Å². The third-order valence-electron chi connectivity index (χ3n) is 6.58. The summed E-state index contributed by atoms with van der Waals surface area (Å²) >= 11 is 0. The molecule has 8 nitrogen and oxygen atoms in total. The molecule has 0 aliphatic heterocycles. The Labute approximate surface area is 228 Å². The fourth-order valence-electron chi connectivity index (χ4n) is 4.34. The summed E-state index contributed by atoms with van der Waals surface area (Å²) in [6.45, 7) is 9.54. The number of carbonyl (C=O) groups is 1. The van der Waals surface area contributed by atoms with Crippen LogP contribution < -0.4 is 5.32 Å². The van der Waals surface area contributed by atoms with Gasteiger partial charge in [0.05, 0.1) is 18.7 Å². The van der Waals surface area contributed by atoms with Crippen molar-refractivity contribution in [3.63, 3.8) is 0 Å². The predicted octanol–water partition coefficient (Wildman–Crippen LogP) is 5.68. The van der Waals surface area contributed by atoms with E-state index in [0.717, 1.165) is 34.2 Å². The van der Waals surface area contributed by atoms with E-state index in [1.165, 1.54) is 11.1 Å². The number of hydrogen-bond acceptors (Lipinski definition) is 6. The lowest BCUT2D eigenvalue weighted by Crippen LogP contribution is -2.24. The van der Waals surface area contributed by atoms with E-state index in [1.807, 2.05) is 68.7 Å². The first-order chi connectivity index (χ1) is 18.8. The maximum absolute atomic E-state index is 12.6. The number of ether oxygens (including phenoxy) is 1. The Balaban J connectivity index is 1.24. The molecule has 0 radical (unpaired) electrons. The van der Waals surface area contributed by atoms with Gasteiger partial charge in [-0.25, -0.2) is 4.52 Å². The number of aromatic nitrogens is 4. The second kappa shape index (κ2) is 11.2. The Bertz CT molecular complexity index is 1580. The third kappa shape index (κ3) is 6.23. The minimum atomic E-state index is -0.359. The molecular formula is C31H33N5O3. The summed E-state index contributed by atoms with van der Waals surface area (Å²) < 4.78 is 13.0. The van der Waals surface area contributed by atoms with Crippen molar-refractivity contribution >= 4 is 11.4 Å². The van der Waals surface area contributed by atoms with Crippen LogP contribution in [0.25, 0.3) is 16.6 Å². The fourth-order valence-corrected chi connectivity index (χ4v) is 4.34. The van der Waals surface area contributed by atoms with Crippen LogP contribution in [0.4, 0.5) is 0 Å². The van der Waals surface area contributed by atoms with Crippen molar-refractivity contribution in [2.24, 2.45) is 0 Å². The molecule has 0 fully saturated rings. The van der Waals surface area contributed by atoms with Gasteiger partial charge >= 0.3 is 0 Å². The molecule has 5 rings (SSSR count). The first kappa shape index (κ1) is 26.3. The highest BCUT2D eigenvalue weighted by molar-refractivity contribution is 5.90. The van der Waals surface area contributed by atoms with Crippen LogP contribution in [0.15, 0.2) is 77.6 Å². The van der Waals surface area contributed by atoms with Crippen LogP contribution >= 0.6 is 0 Å². The lowest BCUT2D eigenvalue weighted by Gasteiger charge is -2.11. The molecule has 0 bridgehead atoms. The van der Waals surface area contributed by atoms with Crippen molar-refractivity contribution in [1.82, 2.24) is 25.1 Å². The maximum Gasteiger partial charge on any atom is 0.292 e. The molecule has 1 N–H and O–H groups in total. The van der Waals surface area contributed by atoms with Gasteiger partial charge in [0.25, 0.3) is 11.7 Å². The highest BCUT2D eigenvalue weighted by Crippen LogP contribution is 2.28. The van der Waals surface area contributed by atoms with Gasteiger partial charge < -0.3 is 14.6 Å². The fraction of sp³-hybridized carbons (Fsp3) is 0.290. The minimum Gasteiger partial charge on any atom is -0.376 e. The molecule has 3 heterocycles. The summed E-state index contributed by atoms with van der Waals surface area (Å²) in [6.07, 6.45) is 4.69. The van der Waals surface area contributed by atoms with Crippen LogP contribution in [-0.4, -0.2) is 32.3 Å². The standard InChI is InChI=1S/C31H33N5O3/c1-21-16-24(10-11-25(21)18-32-29(37)28-34-30(39-35-28)31(2,3)4)26-12-14-33-36-19-23(17-27(26)36)13-15-38-20-22-8-6-5-7-9-22/h5-12,14,16-17,19H,13,15,18,20H2,1-4H3,(H,32,37). The molecule has 0 unspecified atom stereocenters. The molecule has 5 aromatic rings. The van der Waals surface area contributed by atoms with E-state index in [-0.39, 0.29) is 17.1 Å². The van der Waals surface area contributed by atoms with Crippen LogP contribution in [-0.2, 0) is 29.7 Å². The van der Waals surface area contributed by atoms with Crippen LogP contribution in [0.2, 0.25) is 0 Å². The van der Waals surface area contributed by atoms with Gasteiger partial charge in [0.15, 0.2) is 0 Å². The van der Waals surface area contributed by atoms with Gasteiger partial charge in [0.1, 0.15) is 0 Å². The van der Waals surface area contributed by atoms with Crippen molar-refractivity contribution < 1.29 is 14.1 Å². The maximum atomic E-state index is 12.6. The number of fused-ring (bicyclic) bond motifs is 1. The van der Waals surface area contributed by atoms with Crippen LogP contribution in [0.1, 0.15) is 59.5 Å². The Morgan fingerprint density at radius 3 is 2.62 bits per heavy atom. The quantitative estimate of drug-likeness (QED) is 0.250. The topological polar surface area (TPSA) is 94.6 Å². The molecule has 8 heteroatoms. The number of benzene rings is 2. The largest absolute Gasteiger partial charge is 0.376 e. The molecule has 3 aromatic heterocycles. The Kier molecular flexibility index (Phi) is 7.56. The zero-order valence-electron chi connectivity index (χ0n) is 22.8. The number of hydrogen-bond donors (Lipinski definition) is 1. The van der Waals surface area contributed by atoms with Gasteiger partial charge in [-0.15, -0.1) is 0 Å². The van der Waals surface area contributed by atoms with Crippen molar-refractivity contribution in [2.75, 3.05) is 6.61 Å². The molecular weight excluding hydrogens is 490 g/mol. The summed E-state index contributed by atoms with van der Waals surface area (Å²) in [6, 6.07) is 20.7. The first-order valence-electron chi connectivity index (χ1n) is 13.1. The van der Waals surface area contributed by atoms with E-state index in [9.17, 15) is 4.79 Å².